The Morgan fingerprint density at radius 2 is 2.40 bits per heavy atom. The summed E-state index contributed by atoms with van der Waals surface area (Å²) in [6.07, 6.45) is 1.78. The van der Waals surface area contributed by atoms with Crippen molar-refractivity contribution in [2.24, 2.45) is 0 Å². The summed E-state index contributed by atoms with van der Waals surface area (Å²) >= 11 is 11.2. The van der Waals surface area contributed by atoms with E-state index in [4.69, 9.17) is 11.6 Å². The largest absolute Gasteiger partial charge is 0.244 e. The van der Waals surface area contributed by atoms with Gasteiger partial charge in [-0.3, -0.25) is 0 Å². The van der Waals surface area contributed by atoms with Crippen LogP contribution in [0.15, 0.2) is 12.3 Å². The van der Waals surface area contributed by atoms with Gasteiger partial charge in [-0.25, -0.2) is 4.98 Å². The van der Waals surface area contributed by atoms with Crippen molar-refractivity contribution in [2.45, 2.75) is 5.33 Å². The SMILES string of the molecule is Clc1cc(I)c(CBr)cn1. The van der Waals surface area contributed by atoms with E-state index in [0.29, 0.717) is 5.15 Å². The van der Waals surface area contributed by atoms with Gasteiger partial charge in [0.05, 0.1) is 0 Å². The van der Waals surface area contributed by atoms with E-state index in [1.165, 1.54) is 5.56 Å². The third-order valence-corrected chi connectivity index (χ3v) is 2.86. The van der Waals surface area contributed by atoms with Crippen LogP contribution in [-0.2, 0) is 5.33 Å². The highest BCUT2D eigenvalue weighted by Crippen LogP contribution is 2.17. The molecule has 0 aromatic carbocycles. The molecule has 54 valence electrons. The maximum atomic E-state index is 5.64. The predicted octanol–water partition coefficient (Wildman–Crippen LogP) is 3.23. The lowest BCUT2D eigenvalue weighted by Crippen LogP contribution is -1.85. The van der Waals surface area contributed by atoms with Crippen molar-refractivity contribution < 1.29 is 0 Å². The number of hydrogen-bond acceptors (Lipinski definition) is 1. The van der Waals surface area contributed by atoms with Crippen LogP contribution in [0.2, 0.25) is 5.15 Å². The molecule has 0 aliphatic carbocycles. The molecule has 0 bridgehead atoms. The van der Waals surface area contributed by atoms with Crippen molar-refractivity contribution in [1.29, 1.82) is 0 Å². The molecule has 0 spiro atoms. The van der Waals surface area contributed by atoms with Gasteiger partial charge in [-0.15, -0.1) is 0 Å². The maximum absolute atomic E-state index is 5.64. The summed E-state index contributed by atoms with van der Waals surface area (Å²) < 4.78 is 1.15. The van der Waals surface area contributed by atoms with Gasteiger partial charge in [0.25, 0.3) is 0 Å². The van der Waals surface area contributed by atoms with Crippen LogP contribution in [0, 0.1) is 3.57 Å². The minimum Gasteiger partial charge on any atom is -0.244 e. The molecular formula is C6H4BrClIN. The van der Waals surface area contributed by atoms with Gasteiger partial charge in [-0.2, -0.15) is 0 Å². The average molecular weight is 332 g/mol. The number of pyridine rings is 1. The van der Waals surface area contributed by atoms with Gasteiger partial charge in [0, 0.05) is 15.1 Å². The van der Waals surface area contributed by atoms with Crippen LogP contribution in [0.1, 0.15) is 5.56 Å². The summed E-state index contributed by atoms with van der Waals surface area (Å²) in [7, 11) is 0. The van der Waals surface area contributed by atoms with Gasteiger partial charge < -0.3 is 0 Å². The molecule has 4 heteroatoms. The summed E-state index contributed by atoms with van der Waals surface area (Å²) in [5.74, 6) is 0. The molecule has 1 aromatic heterocycles. The number of nitrogens with zero attached hydrogens (tertiary/aromatic N) is 1. The van der Waals surface area contributed by atoms with E-state index in [1.807, 2.05) is 6.07 Å². The Kier molecular flexibility index (Phi) is 3.39. The van der Waals surface area contributed by atoms with Gasteiger partial charge in [0.15, 0.2) is 0 Å². The predicted molar refractivity (Wildman–Crippen MR) is 54.6 cm³/mol. The molecule has 1 nitrogen and oxygen atoms in total. The summed E-state index contributed by atoms with van der Waals surface area (Å²) in [5, 5.41) is 1.38. The molecule has 0 aliphatic rings. The normalized spacial score (nSPS) is 9.90. The van der Waals surface area contributed by atoms with Crippen LogP contribution >= 0.6 is 50.1 Å². The number of halogens is 3. The Morgan fingerprint density at radius 1 is 1.70 bits per heavy atom. The Morgan fingerprint density at radius 3 is 2.90 bits per heavy atom. The van der Waals surface area contributed by atoms with E-state index >= 15 is 0 Å². The minimum atomic E-state index is 0.550. The van der Waals surface area contributed by atoms with Gasteiger partial charge in [-0.1, -0.05) is 27.5 Å². The first-order chi connectivity index (χ1) is 4.74. The standard InChI is InChI=1S/C6H4BrClIN/c7-2-4-3-10-6(8)1-5(4)9/h1,3H,2H2. The molecule has 10 heavy (non-hydrogen) atoms. The van der Waals surface area contributed by atoms with Crippen LogP contribution in [0.25, 0.3) is 0 Å². The minimum absolute atomic E-state index is 0.550. The van der Waals surface area contributed by atoms with Crippen LogP contribution < -0.4 is 0 Å². The molecule has 0 atom stereocenters. The highest BCUT2D eigenvalue weighted by atomic mass is 127. The highest BCUT2D eigenvalue weighted by molar-refractivity contribution is 14.1. The molecule has 0 amide bonds. The van der Waals surface area contributed by atoms with E-state index in [9.17, 15) is 0 Å². The van der Waals surface area contributed by atoms with Gasteiger partial charge >= 0.3 is 0 Å². The second-order valence-corrected chi connectivity index (χ2v) is 3.84. The monoisotopic (exact) mass is 331 g/mol. The molecule has 1 heterocycles. The Labute approximate surface area is 86.4 Å². The van der Waals surface area contributed by atoms with Gasteiger partial charge in [0.2, 0.25) is 0 Å². The summed E-state index contributed by atoms with van der Waals surface area (Å²) in [6, 6.07) is 1.85. The van der Waals surface area contributed by atoms with Crippen molar-refractivity contribution >= 4 is 50.1 Å². The first-order valence-corrected chi connectivity index (χ1v) is 5.17. The third kappa shape index (κ3) is 2.07. The maximum Gasteiger partial charge on any atom is 0.130 e. The van der Waals surface area contributed by atoms with E-state index in [0.717, 1.165) is 8.90 Å². The van der Waals surface area contributed by atoms with E-state index in [-0.39, 0.29) is 0 Å². The zero-order valence-electron chi connectivity index (χ0n) is 4.94. The van der Waals surface area contributed by atoms with Crippen LogP contribution in [0.4, 0.5) is 0 Å². The molecule has 0 N–H and O–H groups in total. The molecule has 0 aliphatic heterocycles. The third-order valence-electron chi connectivity index (χ3n) is 1.04. The second-order valence-electron chi connectivity index (χ2n) is 1.73. The molecule has 0 radical (unpaired) electrons. The van der Waals surface area contributed by atoms with Crippen molar-refractivity contribution in [3.63, 3.8) is 0 Å². The fourth-order valence-corrected chi connectivity index (χ4v) is 2.47. The number of rotatable bonds is 1. The lowest BCUT2D eigenvalue weighted by molar-refractivity contribution is 1.24. The Hall–Kier alpha value is 0.650. The lowest BCUT2D eigenvalue weighted by Gasteiger charge is -1.97. The van der Waals surface area contributed by atoms with E-state index < -0.39 is 0 Å². The smallest absolute Gasteiger partial charge is 0.130 e. The first kappa shape index (κ1) is 8.74. The molecular weight excluding hydrogens is 328 g/mol. The van der Waals surface area contributed by atoms with Crippen molar-refractivity contribution in [3.05, 3.63) is 26.5 Å². The topological polar surface area (TPSA) is 12.9 Å². The quantitative estimate of drug-likeness (QED) is 0.437. The fourth-order valence-electron chi connectivity index (χ4n) is 0.534. The second kappa shape index (κ2) is 3.88. The number of aromatic nitrogens is 1. The zero-order chi connectivity index (χ0) is 7.56. The number of alkyl halides is 1. The highest BCUT2D eigenvalue weighted by Gasteiger charge is 1.98. The summed E-state index contributed by atoms with van der Waals surface area (Å²) in [4.78, 5) is 3.94. The molecule has 0 unspecified atom stereocenters. The summed E-state index contributed by atoms with van der Waals surface area (Å²) in [5.41, 5.74) is 1.17. The van der Waals surface area contributed by atoms with E-state index in [2.05, 4.69) is 43.5 Å². The average Bonchev–Trinajstić information content (AvgIpc) is 1.88. The number of hydrogen-bond donors (Lipinski definition) is 0. The van der Waals surface area contributed by atoms with Crippen LogP contribution in [0.5, 0.6) is 0 Å². The first-order valence-electron chi connectivity index (χ1n) is 2.60. The van der Waals surface area contributed by atoms with Crippen LogP contribution in [-0.4, -0.2) is 4.98 Å². The lowest BCUT2D eigenvalue weighted by atomic mass is 10.3. The van der Waals surface area contributed by atoms with Crippen LogP contribution in [0.3, 0.4) is 0 Å². The Bertz CT molecular complexity index is 241. The van der Waals surface area contributed by atoms with Crippen molar-refractivity contribution in [3.8, 4) is 0 Å². The molecule has 0 fully saturated rings. The molecule has 1 aromatic rings. The van der Waals surface area contributed by atoms with E-state index in [1.54, 1.807) is 6.20 Å². The molecule has 0 saturated heterocycles. The fraction of sp³-hybridized carbons (Fsp3) is 0.167. The molecule has 1 rings (SSSR count). The zero-order valence-corrected chi connectivity index (χ0v) is 9.44. The Balaban J connectivity index is 3.07. The van der Waals surface area contributed by atoms with Crippen molar-refractivity contribution in [1.82, 2.24) is 4.98 Å². The summed E-state index contributed by atoms with van der Waals surface area (Å²) in [6.45, 7) is 0. The van der Waals surface area contributed by atoms with Crippen molar-refractivity contribution in [2.75, 3.05) is 0 Å². The molecule has 0 saturated carbocycles. The van der Waals surface area contributed by atoms with Gasteiger partial charge in [0.1, 0.15) is 5.15 Å². The van der Waals surface area contributed by atoms with Gasteiger partial charge in [-0.05, 0) is 34.2 Å².